The molecule has 128 valence electrons. The Kier molecular flexibility index (Phi) is 2.98. The zero-order valence-corrected chi connectivity index (χ0v) is 13.6. The Morgan fingerprint density at radius 1 is 1.16 bits per heavy atom. The van der Waals surface area contributed by atoms with E-state index in [2.05, 4.69) is 9.89 Å². The summed E-state index contributed by atoms with van der Waals surface area (Å²) in [6, 6.07) is 13.8. The van der Waals surface area contributed by atoms with Gasteiger partial charge in [0.2, 0.25) is 0 Å². The van der Waals surface area contributed by atoms with E-state index in [1.165, 1.54) is 0 Å². The van der Waals surface area contributed by atoms with E-state index in [1.807, 2.05) is 42.5 Å². The lowest BCUT2D eigenvalue weighted by molar-refractivity contribution is 0.264. The van der Waals surface area contributed by atoms with Gasteiger partial charge >= 0.3 is 0 Å². The van der Waals surface area contributed by atoms with E-state index in [0.29, 0.717) is 26.1 Å². The Balaban J connectivity index is 1.76. The minimum atomic E-state index is -0.808. The minimum absolute atomic E-state index is 0.169. The Hall–Kier alpha value is -2.76. The minimum Gasteiger partial charge on any atom is -0.462 e. The lowest BCUT2D eigenvalue weighted by Crippen LogP contribution is -2.34. The molecule has 5 rings (SSSR count). The molecule has 0 saturated carbocycles. The monoisotopic (exact) mass is 339 g/mol. The second kappa shape index (κ2) is 5.12. The highest BCUT2D eigenvalue weighted by atomic mass is 19.1. The first-order valence-electron chi connectivity index (χ1n) is 8.45. The van der Waals surface area contributed by atoms with Crippen molar-refractivity contribution in [1.29, 1.82) is 0 Å². The molecule has 2 aromatic rings. The number of fused-ring (bicyclic) bond motifs is 4. The van der Waals surface area contributed by atoms with E-state index in [0.717, 1.165) is 28.3 Å². The summed E-state index contributed by atoms with van der Waals surface area (Å²) in [5.74, 6) is 1.47. The van der Waals surface area contributed by atoms with Gasteiger partial charge in [-0.2, -0.15) is 0 Å². The van der Waals surface area contributed by atoms with Crippen LogP contribution in [0.4, 0.5) is 10.1 Å². The maximum Gasteiger partial charge on any atom is 0.283 e. The molecule has 2 N–H and O–H groups in total. The van der Waals surface area contributed by atoms with Crippen molar-refractivity contribution in [3.63, 3.8) is 0 Å². The van der Waals surface area contributed by atoms with E-state index in [-0.39, 0.29) is 6.02 Å². The van der Waals surface area contributed by atoms with Crippen LogP contribution >= 0.6 is 0 Å². The zero-order valence-electron chi connectivity index (χ0n) is 13.6. The van der Waals surface area contributed by atoms with Crippen LogP contribution < -0.4 is 15.4 Å². The average Bonchev–Trinajstić information content (AvgIpc) is 3.22. The normalized spacial score (nSPS) is 26.7. The molecule has 6 heteroatoms. The van der Waals surface area contributed by atoms with E-state index in [9.17, 15) is 4.39 Å². The summed E-state index contributed by atoms with van der Waals surface area (Å²) < 4.78 is 25.5. The van der Waals surface area contributed by atoms with Gasteiger partial charge in [-0.05, 0) is 24.6 Å². The van der Waals surface area contributed by atoms with Gasteiger partial charge in [0.15, 0.2) is 5.54 Å². The largest absolute Gasteiger partial charge is 0.462 e. The Bertz CT molecular complexity index is 885. The maximum atomic E-state index is 13.8. The third-order valence-electron chi connectivity index (χ3n) is 5.17. The molecular weight excluding hydrogens is 321 g/mol. The summed E-state index contributed by atoms with van der Waals surface area (Å²) in [6.45, 7) is 1.37. The third-order valence-corrected chi connectivity index (χ3v) is 5.17. The molecular formula is C19H18FN3O2. The molecule has 0 aliphatic carbocycles. The van der Waals surface area contributed by atoms with Gasteiger partial charge in [0, 0.05) is 24.3 Å². The van der Waals surface area contributed by atoms with E-state index >= 15 is 0 Å². The Morgan fingerprint density at radius 2 is 2.00 bits per heavy atom. The molecule has 2 aromatic carbocycles. The number of nitrogens with zero attached hydrogens (tertiary/aromatic N) is 2. The van der Waals surface area contributed by atoms with Gasteiger partial charge in [-0.25, -0.2) is 9.38 Å². The second-order valence-electron chi connectivity index (χ2n) is 6.68. The van der Waals surface area contributed by atoms with Crippen molar-refractivity contribution in [2.24, 2.45) is 10.7 Å². The molecule has 0 aromatic heterocycles. The fraction of sp³-hybridized carbons (Fsp3) is 0.316. The molecule has 1 unspecified atom stereocenters. The molecule has 0 bridgehead atoms. The van der Waals surface area contributed by atoms with Crippen LogP contribution in [0.25, 0.3) is 0 Å². The third kappa shape index (κ3) is 2.03. The van der Waals surface area contributed by atoms with Crippen LogP contribution in [0, 0.1) is 0 Å². The Morgan fingerprint density at radius 3 is 2.76 bits per heavy atom. The van der Waals surface area contributed by atoms with E-state index < -0.39 is 11.7 Å². The van der Waals surface area contributed by atoms with E-state index in [4.69, 9.17) is 15.2 Å². The summed E-state index contributed by atoms with van der Waals surface area (Å²) >= 11 is 0. The number of aliphatic imine (C=N–C) groups is 1. The fourth-order valence-electron chi connectivity index (χ4n) is 4.07. The highest BCUT2D eigenvalue weighted by molar-refractivity contribution is 5.79. The number of para-hydroxylation sites is 1. The number of nitrogens with two attached hydrogens (primary N) is 1. The van der Waals surface area contributed by atoms with Crippen LogP contribution in [0.3, 0.4) is 0 Å². The average molecular weight is 339 g/mol. The number of benzene rings is 2. The summed E-state index contributed by atoms with van der Waals surface area (Å²) in [5.41, 5.74) is 7.91. The predicted molar refractivity (Wildman–Crippen MR) is 93.0 cm³/mol. The molecule has 25 heavy (non-hydrogen) atoms. The molecule has 5 nitrogen and oxygen atoms in total. The molecule has 1 spiro atoms. The summed E-state index contributed by atoms with van der Waals surface area (Å²) in [4.78, 5) is 6.75. The summed E-state index contributed by atoms with van der Waals surface area (Å²) in [7, 11) is 0. The van der Waals surface area contributed by atoms with Gasteiger partial charge < -0.3 is 20.1 Å². The topological polar surface area (TPSA) is 60.1 Å². The van der Waals surface area contributed by atoms with Crippen LogP contribution in [0.1, 0.15) is 17.5 Å². The number of alkyl halides is 1. The highest BCUT2D eigenvalue weighted by Gasteiger charge is 2.49. The van der Waals surface area contributed by atoms with Crippen molar-refractivity contribution >= 4 is 11.7 Å². The van der Waals surface area contributed by atoms with Gasteiger partial charge in [-0.3, -0.25) is 0 Å². The molecule has 3 aliphatic heterocycles. The zero-order chi connectivity index (χ0) is 17.0. The fourth-order valence-corrected chi connectivity index (χ4v) is 4.07. The smallest absolute Gasteiger partial charge is 0.283 e. The maximum absolute atomic E-state index is 13.8. The van der Waals surface area contributed by atoms with Crippen LogP contribution in [0.5, 0.6) is 11.5 Å². The van der Waals surface area contributed by atoms with Crippen LogP contribution in [0.15, 0.2) is 47.5 Å². The molecule has 3 aliphatic rings. The molecule has 0 radical (unpaired) electrons. The second-order valence-corrected chi connectivity index (χ2v) is 6.68. The summed E-state index contributed by atoms with van der Waals surface area (Å²) in [6.07, 6.45) is -0.271. The predicted octanol–water partition coefficient (Wildman–Crippen LogP) is 2.93. The lowest BCUT2D eigenvalue weighted by atomic mass is 9.80. The van der Waals surface area contributed by atoms with Gasteiger partial charge in [-0.1, -0.05) is 24.3 Å². The molecule has 3 heterocycles. The number of anilines is 1. The highest BCUT2D eigenvalue weighted by Crippen LogP contribution is 2.54. The standard InChI is InChI=1S/C19H18FN3O2/c20-12-8-9-23(10-12)14-5-3-7-16-17(14)19(11-24-18(21)22-19)13-4-1-2-6-15(13)25-16/h1-7,12H,8-11H2,(H2,21,22)/t12-,19?/m0/s1. The first-order chi connectivity index (χ1) is 12.2. The number of hydrogen-bond acceptors (Lipinski definition) is 5. The van der Waals surface area contributed by atoms with Gasteiger partial charge in [0.25, 0.3) is 6.02 Å². The van der Waals surface area contributed by atoms with Crippen LogP contribution in [-0.4, -0.2) is 31.9 Å². The van der Waals surface area contributed by atoms with Gasteiger partial charge in [-0.15, -0.1) is 0 Å². The number of rotatable bonds is 1. The molecule has 1 fully saturated rings. The van der Waals surface area contributed by atoms with Crippen LogP contribution in [-0.2, 0) is 10.3 Å². The van der Waals surface area contributed by atoms with Crippen molar-refractivity contribution in [1.82, 2.24) is 0 Å². The number of hydrogen-bond donors (Lipinski definition) is 1. The van der Waals surface area contributed by atoms with E-state index in [1.54, 1.807) is 0 Å². The number of halogens is 1. The van der Waals surface area contributed by atoms with Crippen molar-refractivity contribution in [2.75, 3.05) is 24.6 Å². The lowest BCUT2D eigenvalue weighted by Gasteiger charge is -2.36. The number of ether oxygens (including phenoxy) is 2. The van der Waals surface area contributed by atoms with Crippen molar-refractivity contribution in [3.05, 3.63) is 53.6 Å². The van der Waals surface area contributed by atoms with Crippen molar-refractivity contribution in [3.8, 4) is 11.5 Å². The van der Waals surface area contributed by atoms with Crippen molar-refractivity contribution < 1.29 is 13.9 Å². The SMILES string of the molecule is NC1=NC2(CO1)c1ccccc1Oc1cccc(N3CC[C@H](F)C3)c12. The molecule has 2 atom stereocenters. The molecule has 1 saturated heterocycles. The van der Waals surface area contributed by atoms with Gasteiger partial charge in [0.05, 0.1) is 5.56 Å². The summed E-state index contributed by atoms with van der Waals surface area (Å²) in [5, 5.41) is 0. The van der Waals surface area contributed by atoms with Crippen LogP contribution in [0.2, 0.25) is 0 Å². The molecule has 0 amide bonds. The first kappa shape index (κ1) is 14.6. The van der Waals surface area contributed by atoms with Gasteiger partial charge in [0.1, 0.15) is 24.3 Å². The number of amidine groups is 1. The quantitative estimate of drug-likeness (QED) is 0.868. The van der Waals surface area contributed by atoms with Crippen molar-refractivity contribution in [2.45, 2.75) is 18.1 Å². The first-order valence-corrected chi connectivity index (χ1v) is 8.45. The Labute approximate surface area is 144 Å².